The van der Waals surface area contributed by atoms with E-state index in [4.69, 9.17) is 11.6 Å². The molecule has 1 unspecified atom stereocenters. The summed E-state index contributed by atoms with van der Waals surface area (Å²) in [5.74, 6) is 0. The largest absolute Gasteiger partial charge is 0.313 e. The van der Waals surface area contributed by atoms with Crippen molar-refractivity contribution in [2.24, 2.45) is 12.5 Å². The zero-order valence-corrected chi connectivity index (χ0v) is 14.1. The summed E-state index contributed by atoms with van der Waals surface area (Å²) in [7, 11) is 2.01. The first-order valence-electron chi connectivity index (χ1n) is 7.92. The molecule has 0 amide bonds. The highest BCUT2D eigenvalue weighted by molar-refractivity contribution is 6.31. The number of hydrogen-bond acceptors (Lipinski definition) is 2. The van der Waals surface area contributed by atoms with E-state index in [0.29, 0.717) is 0 Å². The van der Waals surface area contributed by atoms with Gasteiger partial charge < -0.3 is 5.32 Å². The Bertz CT molecular complexity index is 451. The van der Waals surface area contributed by atoms with E-state index in [2.05, 4.69) is 31.2 Å². The van der Waals surface area contributed by atoms with Gasteiger partial charge in [0.25, 0.3) is 0 Å². The maximum Gasteiger partial charge on any atom is 0.0849 e. The van der Waals surface area contributed by atoms with Gasteiger partial charge in [0.1, 0.15) is 0 Å². The third-order valence-corrected chi connectivity index (χ3v) is 4.78. The van der Waals surface area contributed by atoms with E-state index in [1.54, 1.807) is 0 Å². The maximum atomic E-state index is 6.51. The first kappa shape index (κ1) is 15.8. The molecule has 0 radical (unpaired) electrons. The lowest BCUT2D eigenvalue weighted by molar-refractivity contribution is 0.268. The summed E-state index contributed by atoms with van der Waals surface area (Å²) in [6.07, 6.45) is 7.01. The second kappa shape index (κ2) is 6.48. The summed E-state index contributed by atoms with van der Waals surface area (Å²) in [6, 6.07) is 0.763. The van der Waals surface area contributed by atoms with Crippen LogP contribution in [-0.4, -0.2) is 22.4 Å². The van der Waals surface area contributed by atoms with Crippen LogP contribution in [0.1, 0.15) is 57.8 Å². The second-order valence-electron chi connectivity index (χ2n) is 6.58. The average Bonchev–Trinajstić information content (AvgIpc) is 3.19. The second-order valence-corrected chi connectivity index (χ2v) is 6.96. The molecule has 1 aromatic rings. The molecule has 20 heavy (non-hydrogen) atoms. The van der Waals surface area contributed by atoms with E-state index < -0.39 is 0 Å². The van der Waals surface area contributed by atoms with E-state index in [1.807, 2.05) is 11.7 Å². The molecule has 1 heterocycles. The molecule has 1 atom stereocenters. The molecule has 0 saturated heterocycles. The molecule has 114 valence electrons. The van der Waals surface area contributed by atoms with E-state index in [9.17, 15) is 0 Å². The van der Waals surface area contributed by atoms with Gasteiger partial charge in [0.05, 0.1) is 16.4 Å². The monoisotopic (exact) mass is 297 g/mol. The van der Waals surface area contributed by atoms with E-state index >= 15 is 0 Å². The van der Waals surface area contributed by atoms with Crippen LogP contribution < -0.4 is 5.32 Å². The molecule has 1 aliphatic carbocycles. The molecule has 3 nitrogen and oxygen atoms in total. The Kier molecular flexibility index (Phi) is 5.14. The smallest absolute Gasteiger partial charge is 0.0849 e. The van der Waals surface area contributed by atoms with Gasteiger partial charge in [-0.3, -0.25) is 4.68 Å². The molecular weight excluding hydrogens is 270 g/mol. The number of hydrogen-bond donors (Lipinski definition) is 1. The summed E-state index contributed by atoms with van der Waals surface area (Å²) in [4.78, 5) is 0. The fourth-order valence-electron chi connectivity index (χ4n) is 2.94. The van der Waals surface area contributed by atoms with Crippen molar-refractivity contribution in [1.82, 2.24) is 15.1 Å². The predicted octanol–water partition coefficient (Wildman–Crippen LogP) is 3.74. The molecule has 0 spiro atoms. The Labute approximate surface area is 128 Å². The number of halogens is 1. The van der Waals surface area contributed by atoms with Gasteiger partial charge in [-0.25, -0.2) is 0 Å². The minimum atomic E-state index is 0.264. The van der Waals surface area contributed by atoms with Crippen LogP contribution in [0.5, 0.6) is 0 Å². The lowest BCUT2D eigenvalue weighted by atomic mass is 9.81. The molecule has 1 N–H and O–H groups in total. The fraction of sp³-hybridized carbons (Fsp3) is 0.812. The number of rotatable bonds is 8. The lowest BCUT2D eigenvalue weighted by Gasteiger charge is -2.30. The normalized spacial score (nSPS) is 18.2. The minimum absolute atomic E-state index is 0.264. The number of aryl methyl sites for hydroxylation is 2. The Morgan fingerprint density at radius 3 is 2.60 bits per heavy atom. The minimum Gasteiger partial charge on any atom is -0.313 e. The highest BCUT2D eigenvalue weighted by Crippen LogP contribution is 2.33. The average molecular weight is 298 g/mol. The van der Waals surface area contributed by atoms with Crippen LogP contribution in [-0.2, 0) is 19.9 Å². The molecule has 0 aliphatic heterocycles. The zero-order valence-electron chi connectivity index (χ0n) is 13.3. The molecular formula is C16H28ClN3. The molecule has 0 bridgehead atoms. The van der Waals surface area contributed by atoms with Crippen molar-refractivity contribution in [3.8, 4) is 0 Å². The quantitative estimate of drug-likeness (QED) is 0.792. The Morgan fingerprint density at radius 2 is 2.10 bits per heavy atom. The van der Waals surface area contributed by atoms with Gasteiger partial charge in [0.2, 0.25) is 0 Å². The van der Waals surface area contributed by atoms with Crippen molar-refractivity contribution in [3.05, 3.63) is 16.4 Å². The maximum absolute atomic E-state index is 6.51. The van der Waals surface area contributed by atoms with Crippen LogP contribution in [0.2, 0.25) is 5.02 Å². The van der Waals surface area contributed by atoms with Crippen LogP contribution >= 0.6 is 11.6 Å². The van der Waals surface area contributed by atoms with Crippen molar-refractivity contribution in [2.75, 3.05) is 6.54 Å². The van der Waals surface area contributed by atoms with Gasteiger partial charge in [-0.05, 0) is 37.5 Å². The van der Waals surface area contributed by atoms with Crippen LogP contribution in [0.15, 0.2) is 0 Å². The van der Waals surface area contributed by atoms with Gasteiger partial charge in [-0.15, -0.1) is 0 Å². The molecule has 1 aromatic heterocycles. The number of nitrogens with one attached hydrogen (secondary N) is 1. The molecule has 2 rings (SSSR count). The first-order chi connectivity index (χ1) is 9.49. The van der Waals surface area contributed by atoms with E-state index in [1.165, 1.54) is 31.4 Å². The lowest BCUT2D eigenvalue weighted by Crippen LogP contribution is -2.35. The predicted molar refractivity (Wildman–Crippen MR) is 85.3 cm³/mol. The molecule has 1 aliphatic rings. The van der Waals surface area contributed by atoms with Crippen molar-refractivity contribution >= 4 is 11.6 Å². The zero-order chi connectivity index (χ0) is 14.8. The fourth-order valence-corrected chi connectivity index (χ4v) is 3.30. The van der Waals surface area contributed by atoms with Gasteiger partial charge in [0, 0.05) is 19.6 Å². The highest BCUT2D eigenvalue weighted by Gasteiger charge is 2.30. The molecule has 4 heteroatoms. The van der Waals surface area contributed by atoms with Crippen LogP contribution in [0.25, 0.3) is 0 Å². The van der Waals surface area contributed by atoms with Gasteiger partial charge in [0.15, 0.2) is 0 Å². The summed E-state index contributed by atoms with van der Waals surface area (Å²) in [6.45, 7) is 7.82. The number of nitrogens with zero attached hydrogens (tertiary/aromatic N) is 2. The SMILES string of the molecule is CCCC(C)(CNC1CC1)Cc1c(Cl)c(CC)nn1C. The Balaban J connectivity index is 2.11. The van der Waals surface area contributed by atoms with Gasteiger partial charge >= 0.3 is 0 Å². The van der Waals surface area contributed by atoms with Crippen molar-refractivity contribution in [1.29, 1.82) is 0 Å². The van der Waals surface area contributed by atoms with Crippen molar-refractivity contribution in [3.63, 3.8) is 0 Å². The standard InChI is InChI=1S/C16H28ClN3/c1-5-9-16(3,11-18-12-7-8-12)10-14-15(17)13(6-2)19-20(14)4/h12,18H,5-11H2,1-4H3. The molecule has 1 saturated carbocycles. The Morgan fingerprint density at radius 1 is 1.40 bits per heavy atom. The van der Waals surface area contributed by atoms with Gasteiger partial charge in [-0.1, -0.05) is 38.8 Å². The van der Waals surface area contributed by atoms with Crippen LogP contribution in [0.4, 0.5) is 0 Å². The molecule has 1 fully saturated rings. The first-order valence-corrected chi connectivity index (χ1v) is 8.30. The van der Waals surface area contributed by atoms with Gasteiger partial charge in [-0.2, -0.15) is 5.10 Å². The van der Waals surface area contributed by atoms with Crippen LogP contribution in [0, 0.1) is 5.41 Å². The topological polar surface area (TPSA) is 29.9 Å². The van der Waals surface area contributed by atoms with E-state index in [-0.39, 0.29) is 5.41 Å². The third kappa shape index (κ3) is 3.76. The van der Waals surface area contributed by atoms with Crippen molar-refractivity contribution in [2.45, 2.75) is 65.3 Å². The van der Waals surface area contributed by atoms with Crippen molar-refractivity contribution < 1.29 is 0 Å². The molecule has 0 aromatic carbocycles. The summed E-state index contributed by atoms with van der Waals surface area (Å²) in [5.41, 5.74) is 2.48. The van der Waals surface area contributed by atoms with E-state index in [0.717, 1.165) is 36.1 Å². The highest BCUT2D eigenvalue weighted by atomic mass is 35.5. The van der Waals surface area contributed by atoms with Crippen LogP contribution in [0.3, 0.4) is 0 Å². The summed E-state index contributed by atoms with van der Waals surface area (Å²) >= 11 is 6.51. The Hall–Kier alpha value is -0.540. The summed E-state index contributed by atoms with van der Waals surface area (Å²) in [5, 5.41) is 9.11. The number of aromatic nitrogens is 2. The third-order valence-electron chi connectivity index (χ3n) is 4.35. The summed E-state index contributed by atoms with van der Waals surface area (Å²) < 4.78 is 1.98.